The molecule has 8 heteroatoms. The SMILES string of the molecule is O=C1NC(=S)S/C1=C\c1ccc2c(c1)N(C(=O)Oc1cccc3ccccc13)CCO2. The van der Waals surface area contributed by atoms with E-state index >= 15 is 0 Å². The van der Waals surface area contributed by atoms with Crippen LogP contribution >= 0.6 is 24.0 Å². The summed E-state index contributed by atoms with van der Waals surface area (Å²) >= 11 is 6.25. The first-order valence-corrected chi connectivity index (χ1v) is 10.8. The van der Waals surface area contributed by atoms with Crippen LogP contribution in [0.4, 0.5) is 10.5 Å². The van der Waals surface area contributed by atoms with E-state index in [-0.39, 0.29) is 5.91 Å². The number of thioether (sulfide) groups is 1. The number of anilines is 1. The van der Waals surface area contributed by atoms with Crippen LogP contribution in [0.1, 0.15) is 5.56 Å². The van der Waals surface area contributed by atoms with Gasteiger partial charge in [-0.25, -0.2) is 4.79 Å². The smallest absolute Gasteiger partial charge is 0.420 e. The van der Waals surface area contributed by atoms with Crippen molar-refractivity contribution >= 4 is 62.8 Å². The zero-order chi connectivity index (χ0) is 21.4. The van der Waals surface area contributed by atoms with Gasteiger partial charge in [0.15, 0.2) is 0 Å². The normalized spacial score (nSPS) is 16.8. The van der Waals surface area contributed by atoms with Crippen LogP contribution in [-0.2, 0) is 4.79 Å². The number of benzene rings is 3. The number of thiocarbonyl (C=S) groups is 1. The van der Waals surface area contributed by atoms with E-state index in [0.717, 1.165) is 16.3 Å². The number of carbonyl (C=O) groups excluding carboxylic acids is 2. The van der Waals surface area contributed by atoms with Crippen LogP contribution in [0, 0.1) is 0 Å². The van der Waals surface area contributed by atoms with Gasteiger partial charge in [0, 0.05) is 5.39 Å². The van der Waals surface area contributed by atoms with Gasteiger partial charge in [0.25, 0.3) is 5.91 Å². The second-order valence-electron chi connectivity index (χ2n) is 6.92. The van der Waals surface area contributed by atoms with Crippen molar-refractivity contribution < 1.29 is 19.1 Å². The molecule has 0 aliphatic carbocycles. The second-order valence-corrected chi connectivity index (χ2v) is 8.64. The largest absolute Gasteiger partial charge is 0.490 e. The third kappa shape index (κ3) is 3.87. The first-order valence-electron chi connectivity index (χ1n) is 9.57. The number of fused-ring (bicyclic) bond motifs is 2. The highest BCUT2D eigenvalue weighted by Crippen LogP contribution is 2.35. The number of carbonyl (C=O) groups is 2. The van der Waals surface area contributed by atoms with Crippen molar-refractivity contribution in [2.45, 2.75) is 0 Å². The number of rotatable bonds is 2. The van der Waals surface area contributed by atoms with Gasteiger partial charge in [0.2, 0.25) is 0 Å². The van der Waals surface area contributed by atoms with Crippen LogP contribution in [0.3, 0.4) is 0 Å². The Morgan fingerprint density at radius 1 is 1.16 bits per heavy atom. The lowest BCUT2D eigenvalue weighted by Crippen LogP contribution is -2.39. The Labute approximate surface area is 187 Å². The summed E-state index contributed by atoms with van der Waals surface area (Å²) in [5, 5.41) is 4.46. The Bertz CT molecular complexity index is 1270. The molecular weight excluding hydrogens is 432 g/mol. The van der Waals surface area contributed by atoms with Crippen LogP contribution in [-0.4, -0.2) is 29.5 Å². The predicted molar refractivity (Wildman–Crippen MR) is 126 cm³/mol. The second kappa shape index (κ2) is 8.05. The van der Waals surface area contributed by atoms with Crippen molar-refractivity contribution in [3.63, 3.8) is 0 Å². The van der Waals surface area contributed by atoms with Gasteiger partial charge in [-0.3, -0.25) is 9.69 Å². The lowest BCUT2D eigenvalue weighted by atomic mass is 10.1. The first kappa shape index (κ1) is 19.6. The molecule has 3 aromatic rings. The summed E-state index contributed by atoms with van der Waals surface area (Å²) in [7, 11) is 0. The number of amides is 2. The van der Waals surface area contributed by atoms with Gasteiger partial charge in [0.05, 0.1) is 17.1 Å². The molecule has 0 unspecified atom stereocenters. The fourth-order valence-corrected chi connectivity index (χ4v) is 4.56. The summed E-state index contributed by atoms with van der Waals surface area (Å²) in [5.41, 5.74) is 1.35. The average molecular weight is 449 g/mol. The van der Waals surface area contributed by atoms with Gasteiger partial charge in [-0.2, -0.15) is 0 Å². The zero-order valence-corrected chi connectivity index (χ0v) is 17.8. The lowest BCUT2D eigenvalue weighted by molar-refractivity contribution is -0.115. The summed E-state index contributed by atoms with van der Waals surface area (Å²) in [6.07, 6.45) is 1.25. The molecule has 2 heterocycles. The monoisotopic (exact) mass is 448 g/mol. The molecule has 31 heavy (non-hydrogen) atoms. The number of nitrogens with zero attached hydrogens (tertiary/aromatic N) is 1. The van der Waals surface area contributed by atoms with Crippen LogP contribution in [0.5, 0.6) is 11.5 Å². The summed E-state index contributed by atoms with van der Waals surface area (Å²) in [5.74, 6) is 0.862. The fraction of sp³-hybridized carbons (Fsp3) is 0.0870. The van der Waals surface area contributed by atoms with Crippen LogP contribution in [0.2, 0.25) is 0 Å². The van der Waals surface area contributed by atoms with E-state index in [0.29, 0.717) is 39.6 Å². The Kier molecular flexibility index (Phi) is 5.09. The van der Waals surface area contributed by atoms with E-state index in [9.17, 15) is 9.59 Å². The van der Waals surface area contributed by atoms with Crippen LogP contribution < -0.4 is 19.7 Å². The maximum absolute atomic E-state index is 13.1. The van der Waals surface area contributed by atoms with Crippen molar-refractivity contribution in [2.75, 3.05) is 18.1 Å². The number of hydrogen-bond donors (Lipinski definition) is 1. The van der Waals surface area contributed by atoms with Crippen molar-refractivity contribution in [1.29, 1.82) is 0 Å². The summed E-state index contributed by atoms with van der Waals surface area (Å²) in [4.78, 5) is 27.1. The Morgan fingerprint density at radius 2 is 2.00 bits per heavy atom. The van der Waals surface area contributed by atoms with Gasteiger partial charge in [-0.15, -0.1) is 0 Å². The topological polar surface area (TPSA) is 67.9 Å². The van der Waals surface area contributed by atoms with Crippen molar-refractivity contribution in [3.8, 4) is 11.5 Å². The van der Waals surface area contributed by atoms with Gasteiger partial charge in [-0.05, 0) is 35.2 Å². The standard InChI is InChI=1S/C23H16N2O4S2/c26-21-20(31-22(30)24-21)13-14-8-9-19-17(12-14)25(10-11-28-19)23(27)29-18-7-3-5-15-4-1-2-6-16(15)18/h1-9,12-13H,10-11H2,(H,24,26,30)/b20-13-. The molecule has 1 saturated heterocycles. The van der Waals surface area contributed by atoms with E-state index in [4.69, 9.17) is 21.7 Å². The molecule has 2 amide bonds. The number of hydrogen-bond acceptors (Lipinski definition) is 6. The molecule has 1 fully saturated rings. The molecule has 0 atom stereocenters. The zero-order valence-electron chi connectivity index (χ0n) is 16.2. The molecular formula is C23H16N2O4S2. The maximum atomic E-state index is 13.1. The molecule has 0 radical (unpaired) electrons. The van der Waals surface area contributed by atoms with Gasteiger partial charge >= 0.3 is 6.09 Å². The van der Waals surface area contributed by atoms with E-state index < -0.39 is 6.09 Å². The average Bonchev–Trinajstić information content (AvgIpc) is 3.10. The molecule has 5 rings (SSSR count). The quantitative estimate of drug-likeness (QED) is 0.452. The summed E-state index contributed by atoms with van der Waals surface area (Å²) in [6, 6.07) is 18.8. The molecule has 1 N–H and O–H groups in total. The molecule has 154 valence electrons. The molecule has 0 bridgehead atoms. The van der Waals surface area contributed by atoms with Crippen molar-refractivity contribution in [3.05, 3.63) is 71.1 Å². The Morgan fingerprint density at radius 3 is 2.84 bits per heavy atom. The maximum Gasteiger partial charge on any atom is 0.420 e. The molecule has 0 spiro atoms. The molecule has 0 aromatic heterocycles. The van der Waals surface area contributed by atoms with E-state index in [1.54, 1.807) is 29.2 Å². The minimum absolute atomic E-state index is 0.226. The highest BCUT2D eigenvalue weighted by Gasteiger charge is 2.27. The third-order valence-electron chi connectivity index (χ3n) is 4.95. The van der Waals surface area contributed by atoms with Crippen molar-refractivity contribution in [2.24, 2.45) is 0 Å². The summed E-state index contributed by atoms with van der Waals surface area (Å²) < 4.78 is 11.9. The highest BCUT2D eigenvalue weighted by molar-refractivity contribution is 8.26. The van der Waals surface area contributed by atoms with Gasteiger partial charge in [-0.1, -0.05) is 66.4 Å². The van der Waals surface area contributed by atoms with Crippen LogP contribution in [0.15, 0.2) is 65.6 Å². The fourth-order valence-electron chi connectivity index (χ4n) is 3.52. The molecule has 0 saturated carbocycles. The first-order chi connectivity index (χ1) is 15.1. The van der Waals surface area contributed by atoms with Crippen molar-refractivity contribution in [1.82, 2.24) is 5.32 Å². The predicted octanol–water partition coefficient (Wildman–Crippen LogP) is 4.73. The minimum Gasteiger partial charge on any atom is -0.490 e. The van der Waals surface area contributed by atoms with Gasteiger partial charge < -0.3 is 14.8 Å². The molecule has 6 nitrogen and oxygen atoms in total. The minimum atomic E-state index is -0.486. The third-order valence-corrected chi connectivity index (χ3v) is 6.12. The lowest BCUT2D eigenvalue weighted by Gasteiger charge is -2.29. The number of nitrogens with one attached hydrogen (secondary N) is 1. The van der Waals surface area contributed by atoms with E-state index in [1.807, 2.05) is 42.5 Å². The van der Waals surface area contributed by atoms with Gasteiger partial charge in [0.1, 0.15) is 22.4 Å². The number of ether oxygens (including phenoxy) is 2. The Hall–Kier alpha value is -3.36. The van der Waals surface area contributed by atoms with E-state index in [2.05, 4.69) is 5.32 Å². The highest BCUT2D eigenvalue weighted by atomic mass is 32.2. The molecule has 2 aliphatic rings. The summed E-state index contributed by atoms with van der Waals surface area (Å²) in [6.45, 7) is 0.723. The van der Waals surface area contributed by atoms with Crippen LogP contribution in [0.25, 0.3) is 16.8 Å². The molecule has 3 aromatic carbocycles. The molecule has 2 aliphatic heterocycles. The Balaban J connectivity index is 1.45. The van der Waals surface area contributed by atoms with E-state index in [1.165, 1.54) is 11.8 Å².